The van der Waals surface area contributed by atoms with Gasteiger partial charge in [-0.15, -0.1) is 0 Å². The lowest BCUT2D eigenvalue weighted by Gasteiger charge is -2.16. The third kappa shape index (κ3) is 4.31. The number of carbonyl (C=O) groups is 1. The predicted octanol–water partition coefficient (Wildman–Crippen LogP) is 1.78. The maximum absolute atomic E-state index is 11.7. The number of hydrogen-bond acceptors (Lipinski definition) is 4. The molecule has 5 nitrogen and oxygen atoms in total. The molecule has 0 radical (unpaired) electrons. The van der Waals surface area contributed by atoms with E-state index in [-0.39, 0.29) is 12.0 Å². The number of nitrogens with zero attached hydrogens (tertiary/aromatic N) is 2. The molecule has 1 rings (SSSR count). The first-order chi connectivity index (χ1) is 8.58. The number of carbonyl (C=O) groups excluding carboxylic acids is 1. The summed E-state index contributed by atoms with van der Waals surface area (Å²) in [5.74, 6) is -0.214. The first-order valence-corrected chi connectivity index (χ1v) is 6.55. The number of hydrogen-bond donors (Lipinski definition) is 1. The number of nitrogens with one attached hydrogen (secondary N) is 1. The van der Waals surface area contributed by atoms with Gasteiger partial charge < -0.3 is 10.1 Å². The Kier molecular flexibility index (Phi) is 6.15. The molecule has 1 aromatic rings. The number of ether oxygens (including phenoxy) is 1. The first-order valence-electron chi connectivity index (χ1n) is 6.18. The molecule has 1 aromatic heterocycles. The van der Waals surface area contributed by atoms with Gasteiger partial charge in [-0.05, 0) is 26.8 Å². The maximum Gasteiger partial charge on any atom is 0.323 e. The van der Waals surface area contributed by atoms with Crippen molar-refractivity contribution in [1.82, 2.24) is 15.1 Å². The summed E-state index contributed by atoms with van der Waals surface area (Å²) in [5, 5.41) is 8.01. The van der Waals surface area contributed by atoms with Crippen LogP contribution in [0.5, 0.6) is 0 Å². The van der Waals surface area contributed by atoms with E-state index in [0.29, 0.717) is 24.6 Å². The van der Waals surface area contributed by atoms with Gasteiger partial charge in [0.1, 0.15) is 6.04 Å². The molecule has 0 amide bonds. The van der Waals surface area contributed by atoms with Crippen molar-refractivity contribution >= 4 is 17.6 Å². The number of halogens is 1. The summed E-state index contributed by atoms with van der Waals surface area (Å²) < 4.78 is 6.77. The van der Waals surface area contributed by atoms with Crippen LogP contribution in [-0.2, 0) is 16.1 Å². The minimum atomic E-state index is -0.293. The van der Waals surface area contributed by atoms with E-state index < -0.39 is 0 Å². The summed E-state index contributed by atoms with van der Waals surface area (Å²) in [4.78, 5) is 11.7. The zero-order chi connectivity index (χ0) is 13.5. The Morgan fingerprint density at radius 2 is 2.33 bits per heavy atom. The van der Waals surface area contributed by atoms with Crippen molar-refractivity contribution in [2.45, 2.75) is 39.8 Å². The van der Waals surface area contributed by atoms with Crippen LogP contribution in [0.1, 0.15) is 26.0 Å². The molecule has 6 heteroatoms. The standard InChI is InChI=1S/C12H20ClN3O2/c1-4-14-11(12(17)18-5-2)6-7-16-8-10(13)9(3)15-16/h8,11,14H,4-7H2,1-3H3. The van der Waals surface area contributed by atoms with Crippen molar-refractivity contribution in [2.24, 2.45) is 0 Å². The molecule has 0 saturated carbocycles. The molecule has 0 fully saturated rings. The molecule has 1 atom stereocenters. The minimum Gasteiger partial charge on any atom is -0.465 e. The number of likely N-dealkylation sites (N-methyl/N-ethyl adjacent to an activating group) is 1. The van der Waals surface area contributed by atoms with Crippen LogP contribution >= 0.6 is 11.6 Å². The lowest BCUT2D eigenvalue weighted by atomic mass is 10.2. The van der Waals surface area contributed by atoms with Crippen LogP contribution in [0.15, 0.2) is 6.20 Å². The van der Waals surface area contributed by atoms with Gasteiger partial charge in [0.25, 0.3) is 0 Å². The Labute approximate surface area is 112 Å². The van der Waals surface area contributed by atoms with Gasteiger partial charge in [0.05, 0.1) is 17.3 Å². The van der Waals surface area contributed by atoms with Crippen molar-refractivity contribution in [2.75, 3.05) is 13.2 Å². The third-order valence-corrected chi connectivity index (χ3v) is 2.93. The quantitative estimate of drug-likeness (QED) is 0.770. The fourth-order valence-corrected chi connectivity index (χ4v) is 1.81. The highest BCUT2D eigenvalue weighted by Gasteiger charge is 2.18. The van der Waals surface area contributed by atoms with Gasteiger partial charge in [0.15, 0.2) is 0 Å². The number of esters is 1. The van der Waals surface area contributed by atoms with Gasteiger partial charge in [-0.2, -0.15) is 5.10 Å². The highest BCUT2D eigenvalue weighted by molar-refractivity contribution is 6.31. The van der Waals surface area contributed by atoms with E-state index in [4.69, 9.17) is 16.3 Å². The minimum absolute atomic E-state index is 0.214. The van der Waals surface area contributed by atoms with Crippen LogP contribution in [0.4, 0.5) is 0 Å². The molecule has 0 aliphatic heterocycles. The fraction of sp³-hybridized carbons (Fsp3) is 0.667. The fourth-order valence-electron chi connectivity index (χ4n) is 1.66. The Bertz CT molecular complexity index is 373. The molecule has 0 aliphatic rings. The molecule has 0 saturated heterocycles. The van der Waals surface area contributed by atoms with Crippen molar-refractivity contribution in [3.05, 3.63) is 16.9 Å². The van der Waals surface area contributed by atoms with Crippen LogP contribution < -0.4 is 5.32 Å². The summed E-state index contributed by atoms with van der Waals surface area (Å²) in [7, 11) is 0. The molecule has 1 unspecified atom stereocenters. The lowest BCUT2D eigenvalue weighted by molar-refractivity contribution is -0.145. The Morgan fingerprint density at radius 3 is 2.83 bits per heavy atom. The Balaban J connectivity index is 2.53. The van der Waals surface area contributed by atoms with Gasteiger partial charge >= 0.3 is 5.97 Å². The van der Waals surface area contributed by atoms with E-state index >= 15 is 0 Å². The SMILES string of the molecule is CCNC(CCn1cc(Cl)c(C)n1)C(=O)OCC. The monoisotopic (exact) mass is 273 g/mol. The van der Waals surface area contributed by atoms with Crippen LogP contribution in [0.2, 0.25) is 5.02 Å². The predicted molar refractivity (Wildman–Crippen MR) is 70.7 cm³/mol. The zero-order valence-electron chi connectivity index (χ0n) is 11.1. The summed E-state index contributed by atoms with van der Waals surface area (Å²) >= 11 is 5.93. The largest absolute Gasteiger partial charge is 0.465 e. The molecule has 0 aromatic carbocycles. The highest BCUT2D eigenvalue weighted by atomic mass is 35.5. The van der Waals surface area contributed by atoms with Gasteiger partial charge in [0, 0.05) is 12.7 Å². The van der Waals surface area contributed by atoms with Crippen LogP contribution in [0.3, 0.4) is 0 Å². The Morgan fingerprint density at radius 1 is 1.61 bits per heavy atom. The van der Waals surface area contributed by atoms with Gasteiger partial charge in [-0.1, -0.05) is 18.5 Å². The summed E-state index contributed by atoms with van der Waals surface area (Å²) in [6.07, 6.45) is 2.40. The first kappa shape index (κ1) is 15.0. The molecule has 0 spiro atoms. The van der Waals surface area contributed by atoms with E-state index in [1.54, 1.807) is 17.8 Å². The molecular weight excluding hydrogens is 254 g/mol. The smallest absolute Gasteiger partial charge is 0.323 e. The average molecular weight is 274 g/mol. The normalized spacial score (nSPS) is 12.4. The van der Waals surface area contributed by atoms with E-state index in [1.807, 2.05) is 13.8 Å². The van der Waals surface area contributed by atoms with Crippen molar-refractivity contribution < 1.29 is 9.53 Å². The molecule has 1 N–H and O–H groups in total. The molecule has 0 bridgehead atoms. The summed E-state index contributed by atoms with van der Waals surface area (Å²) in [5.41, 5.74) is 0.799. The van der Waals surface area contributed by atoms with Crippen LogP contribution in [-0.4, -0.2) is 34.9 Å². The lowest BCUT2D eigenvalue weighted by Crippen LogP contribution is -2.38. The molecule has 18 heavy (non-hydrogen) atoms. The van der Waals surface area contributed by atoms with E-state index in [0.717, 1.165) is 12.2 Å². The highest BCUT2D eigenvalue weighted by Crippen LogP contribution is 2.12. The van der Waals surface area contributed by atoms with Crippen molar-refractivity contribution in [3.63, 3.8) is 0 Å². The van der Waals surface area contributed by atoms with Crippen LogP contribution in [0.25, 0.3) is 0 Å². The van der Waals surface area contributed by atoms with E-state index in [2.05, 4.69) is 10.4 Å². The second kappa shape index (κ2) is 7.38. The number of rotatable bonds is 7. The van der Waals surface area contributed by atoms with E-state index in [9.17, 15) is 4.79 Å². The second-order valence-electron chi connectivity index (χ2n) is 3.98. The maximum atomic E-state index is 11.7. The Hall–Kier alpha value is -1.07. The number of aryl methyl sites for hydroxylation is 2. The molecule has 0 aliphatic carbocycles. The summed E-state index contributed by atoms with van der Waals surface area (Å²) in [6, 6.07) is -0.293. The van der Waals surface area contributed by atoms with Gasteiger partial charge in [-0.3, -0.25) is 9.48 Å². The number of aromatic nitrogens is 2. The third-order valence-electron chi connectivity index (χ3n) is 2.55. The second-order valence-corrected chi connectivity index (χ2v) is 4.38. The van der Waals surface area contributed by atoms with Gasteiger partial charge in [0.2, 0.25) is 0 Å². The summed E-state index contributed by atoms with van der Waals surface area (Å²) in [6.45, 7) is 7.37. The van der Waals surface area contributed by atoms with Crippen molar-refractivity contribution in [1.29, 1.82) is 0 Å². The van der Waals surface area contributed by atoms with Gasteiger partial charge in [-0.25, -0.2) is 0 Å². The molecular formula is C12H20ClN3O2. The average Bonchev–Trinajstić information content (AvgIpc) is 2.64. The zero-order valence-corrected chi connectivity index (χ0v) is 11.8. The van der Waals surface area contributed by atoms with Crippen molar-refractivity contribution in [3.8, 4) is 0 Å². The van der Waals surface area contributed by atoms with E-state index in [1.165, 1.54) is 0 Å². The molecule has 1 heterocycles. The molecule has 102 valence electrons. The topological polar surface area (TPSA) is 56.2 Å². The van der Waals surface area contributed by atoms with Crippen LogP contribution in [0, 0.1) is 6.92 Å².